The maximum absolute atomic E-state index is 11.9. The summed E-state index contributed by atoms with van der Waals surface area (Å²) in [6, 6.07) is -0.526. The molecular weight excluding hydrogens is 220 g/mol. The molecule has 92 valence electrons. The Bertz CT molecular complexity index is 402. The van der Waals surface area contributed by atoms with Crippen LogP contribution in [-0.4, -0.2) is 27.8 Å². The van der Waals surface area contributed by atoms with Gasteiger partial charge in [0.05, 0.1) is 6.04 Å². The Hall–Kier alpha value is -1.85. The van der Waals surface area contributed by atoms with E-state index in [4.69, 9.17) is 0 Å². The van der Waals surface area contributed by atoms with Gasteiger partial charge in [0, 0.05) is 18.8 Å². The van der Waals surface area contributed by atoms with Gasteiger partial charge in [0.15, 0.2) is 0 Å². The van der Waals surface area contributed by atoms with E-state index in [9.17, 15) is 9.59 Å². The van der Waals surface area contributed by atoms with Gasteiger partial charge < -0.3 is 15.6 Å². The number of carbonyl (C=O) groups is 2. The SMILES string of the molecule is CCC(NC(=O)[C@@H]1CCC(=O)N1)c1ncc[nH]1. The van der Waals surface area contributed by atoms with Crippen LogP contribution in [0.4, 0.5) is 0 Å². The van der Waals surface area contributed by atoms with Crippen LogP contribution in [0.2, 0.25) is 0 Å². The number of nitrogens with one attached hydrogen (secondary N) is 3. The van der Waals surface area contributed by atoms with Gasteiger partial charge in [0.2, 0.25) is 11.8 Å². The molecule has 0 saturated carbocycles. The quantitative estimate of drug-likeness (QED) is 0.700. The Kier molecular flexibility index (Phi) is 3.41. The fourth-order valence-electron chi connectivity index (χ4n) is 1.91. The Morgan fingerprint density at radius 2 is 2.53 bits per heavy atom. The Morgan fingerprint density at radius 1 is 1.71 bits per heavy atom. The molecule has 6 heteroatoms. The first-order valence-electron chi connectivity index (χ1n) is 5.79. The van der Waals surface area contributed by atoms with Crippen LogP contribution in [-0.2, 0) is 9.59 Å². The summed E-state index contributed by atoms with van der Waals surface area (Å²) < 4.78 is 0. The van der Waals surface area contributed by atoms with Crippen molar-refractivity contribution in [1.82, 2.24) is 20.6 Å². The molecule has 2 rings (SSSR count). The van der Waals surface area contributed by atoms with Crippen LogP contribution in [0.3, 0.4) is 0 Å². The molecule has 0 spiro atoms. The molecule has 1 aromatic heterocycles. The number of hydrogen-bond acceptors (Lipinski definition) is 3. The van der Waals surface area contributed by atoms with Crippen LogP contribution in [0.15, 0.2) is 12.4 Å². The molecule has 1 unspecified atom stereocenters. The van der Waals surface area contributed by atoms with Crippen molar-refractivity contribution >= 4 is 11.8 Å². The number of nitrogens with zero attached hydrogens (tertiary/aromatic N) is 1. The normalized spacial score (nSPS) is 21.0. The number of amides is 2. The Labute approximate surface area is 99.2 Å². The minimum atomic E-state index is -0.397. The van der Waals surface area contributed by atoms with Crippen molar-refractivity contribution in [2.75, 3.05) is 0 Å². The Morgan fingerprint density at radius 3 is 3.06 bits per heavy atom. The van der Waals surface area contributed by atoms with Gasteiger partial charge >= 0.3 is 0 Å². The number of H-pyrrole nitrogens is 1. The summed E-state index contributed by atoms with van der Waals surface area (Å²) in [7, 11) is 0. The first-order chi connectivity index (χ1) is 8.20. The van der Waals surface area contributed by atoms with E-state index in [0.29, 0.717) is 12.8 Å². The highest BCUT2D eigenvalue weighted by Gasteiger charge is 2.28. The molecule has 1 aliphatic heterocycles. The molecule has 1 saturated heterocycles. The lowest BCUT2D eigenvalue weighted by atomic mass is 10.1. The van der Waals surface area contributed by atoms with Crippen LogP contribution in [0.1, 0.15) is 38.1 Å². The molecule has 0 aromatic carbocycles. The lowest BCUT2D eigenvalue weighted by molar-refractivity contribution is -0.126. The minimum Gasteiger partial charge on any atom is -0.347 e. The van der Waals surface area contributed by atoms with E-state index in [1.54, 1.807) is 12.4 Å². The second-order valence-electron chi connectivity index (χ2n) is 4.10. The lowest BCUT2D eigenvalue weighted by Gasteiger charge is -2.17. The average molecular weight is 236 g/mol. The Balaban J connectivity index is 1.95. The summed E-state index contributed by atoms with van der Waals surface area (Å²) >= 11 is 0. The van der Waals surface area contributed by atoms with Gasteiger partial charge in [0.25, 0.3) is 0 Å². The third kappa shape index (κ3) is 2.64. The first kappa shape index (κ1) is 11.6. The van der Waals surface area contributed by atoms with Crippen LogP contribution < -0.4 is 10.6 Å². The zero-order valence-electron chi connectivity index (χ0n) is 9.69. The van der Waals surface area contributed by atoms with E-state index in [1.165, 1.54) is 0 Å². The highest BCUT2D eigenvalue weighted by atomic mass is 16.2. The fraction of sp³-hybridized carbons (Fsp3) is 0.545. The molecule has 2 amide bonds. The molecule has 1 aliphatic rings. The summed E-state index contributed by atoms with van der Waals surface area (Å²) in [5.41, 5.74) is 0. The van der Waals surface area contributed by atoms with E-state index < -0.39 is 6.04 Å². The molecule has 2 atom stereocenters. The zero-order valence-corrected chi connectivity index (χ0v) is 9.69. The van der Waals surface area contributed by atoms with Crippen molar-refractivity contribution < 1.29 is 9.59 Å². The van der Waals surface area contributed by atoms with Crippen molar-refractivity contribution in [2.24, 2.45) is 0 Å². The number of hydrogen-bond donors (Lipinski definition) is 3. The van der Waals surface area contributed by atoms with Gasteiger partial charge in [-0.05, 0) is 12.8 Å². The van der Waals surface area contributed by atoms with Crippen LogP contribution >= 0.6 is 0 Å². The molecule has 0 radical (unpaired) electrons. The van der Waals surface area contributed by atoms with Gasteiger partial charge in [-0.3, -0.25) is 9.59 Å². The van der Waals surface area contributed by atoms with Crippen molar-refractivity contribution in [3.8, 4) is 0 Å². The van der Waals surface area contributed by atoms with Crippen molar-refractivity contribution in [2.45, 2.75) is 38.3 Å². The highest BCUT2D eigenvalue weighted by Crippen LogP contribution is 2.13. The summed E-state index contributed by atoms with van der Waals surface area (Å²) in [6.07, 6.45) is 5.12. The number of aromatic amines is 1. The number of rotatable bonds is 4. The molecule has 1 aromatic rings. The minimum absolute atomic E-state index is 0.0591. The number of aromatic nitrogens is 2. The predicted octanol–water partition coefficient (Wildman–Crippen LogP) is 0.256. The third-order valence-corrected chi connectivity index (χ3v) is 2.89. The topological polar surface area (TPSA) is 86.9 Å². The molecule has 1 fully saturated rings. The maximum atomic E-state index is 11.9. The van der Waals surface area contributed by atoms with Crippen LogP contribution in [0, 0.1) is 0 Å². The predicted molar refractivity (Wildman–Crippen MR) is 60.9 cm³/mol. The molecule has 0 bridgehead atoms. The summed E-state index contributed by atoms with van der Waals surface area (Å²) in [6.45, 7) is 1.97. The zero-order chi connectivity index (χ0) is 12.3. The molecule has 0 aliphatic carbocycles. The summed E-state index contributed by atoms with van der Waals surface area (Å²) in [5.74, 6) is 0.542. The second kappa shape index (κ2) is 4.99. The smallest absolute Gasteiger partial charge is 0.243 e. The van der Waals surface area contributed by atoms with Gasteiger partial charge in [0.1, 0.15) is 11.9 Å². The van der Waals surface area contributed by atoms with Gasteiger partial charge in [-0.25, -0.2) is 4.98 Å². The summed E-state index contributed by atoms with van der Waals surface area (Å²) in [4.78, 5) is 30.0. The largest absolute Gasteiger partial charge is 0.347 e. The fourth-order valence-corrected chi connectivity index (χ4v) is 1.91. The average Bonchev–Trinajstić information content (AvgIpc) is 2.96. The van der Waals surface area contributed by atoms with Crippen LogP contribution in [0.25, 0.3) is 0 Å². The van der Waals surface area contributed by atoms with E-state index in [0.717, 1.165) is 12.2 Å². The monoisotopic (exact) mass is 236 g/mol. The highest BCUT2D eigenvalue weighted by molar-refractivity contribution is 5.90. The van der Waals surface area contributed by atoms with Gasteiger partial charge in [-0.2, -0.15) is 0 Å². The third-order valence-electron chi connectivity index (χ3n) is 2.89. The lowest BCUT2D eigenvalue weighted by Crippen LogP contribution is -2.43. The molecule has 17 heavy (non-hydrogen) atoms. The van der Waals surface area contributed by atoms with E-state index in [2.05, 4.69) is 20.6 Å². The van der Waals surface area contributed by atoms with Crippen LogP contribution in [0.5, 0.6) is 0 Å². The molecule has 6 nitrogen and oxygen atoms in total. The van der Waals surface area contributed by atoms with Crippen molar-refractivity contribution in [1.29, 1.82) is 0 Å². The number of imidazole rings is 1. The molecular formula is C11H16N4O2. The standard InChI is InChI=1S/C11H16N4O2/c1-2-7(10-12-5-6-13-10)15-11(17)8-3-4-9(16)14-8/h5-8H,2-4H2,1H3,(H,12,13)(H,14,16)(H,15,17)/t7?,8-/m0/s1. The van der Waals surface area contributed by atoms with Gasteiger partial charge in [-0.1, -0.05) is 6.92 Å². The maximum Gasteiger partial charge on any atom is 0.243 e. The van der Waals surface area contributed by atoms with Crippen molar-refractivity contribution in [3.63, 3.8) is 0 Å². The first-order valence-corrected chi connectivity index (χ1v) is 5.79. The van der Waals surface area contributed by atoms with E-state index in [1.807, 2.05) is 6.92 Å². The summed E-state index contributed by atoms with van der Waals surface area (Å²) in [5, 5.41) is 5.53. The van der Waals surface area contributed by atoms with E-state index >= 15 is 0 Å². The second-order valence-corrected chi connectivity index (χ2v) is 4.10. The number of carbonyl (C=O) groups excluding carboxylic acids is 2. The molecule has 2 heterocycles. The molecule has 3 N–H and O–H groups in total. The van der Waals surface area contributed by atoms with Crippen molar-refractivity contribution in [3.05, 3.63) is 18.2 Å². The van der Waals surface area contributed by atoms with Gasteiger partial charge in [-0.15, -0.1) is 0 Å². The van der Waals surface area contributed by atoms with E-state index in [-0.39, 0.29) is 17.9 Å².